The Labute approximate surface area is 112 Å². The van der Waals surface area contributed by atoms with Gasteiger partial charge in [-0.05, 0) is 44.7 Å². The maximum Gasteiger partial charge on any atom is 0.279 e. The minimum absolute atomic E-state index is 0.258. The molecule has 1 rings (SSSR count). The first kappa shape index (κ1) is 15.9. The molecule has 18 heavy (non-hydrogen) atoms. The van der Waals surface area contributed by atoms with Crippen molar-refractivity contribution in [3.8, 4) is 0 Å². The minimum atomic E-state index is -3.30. The van der Waals surface area contributed by atoms with Gasteiger partial charge in [0.1, 0.15) is 0 Å². The Bertz CT molecular complexity index is 339. The number of nitrogens with one attached hydrogen (secondary N) is 2. The molecule has 0 spiro atoms. The number of nitrogens with zero attached hydrogens (tertiary/aromatic N) is 1. The van der Waals surface area contributed by atoms with Crippen LogP contribution in [-0.4, -0.2) is 46.5 Å². The largest absolute Gasteiger partial charge is 0.320 e. The quantitative estimate of drug-likeness (QED) is 0.584. The first-order valence-electron chi connectivity index (χ1n) is 6.81. The van der Waals surface area contributed by atoms with Gasteiger partial charge < -0.3 is 5.32 Å². The smallest absolute Gasteiger partial charge is 0.279 e. The molecule has 0 aromatic heterocycles. The first-order valence-corrected chi connectivity index (χ1v) is 8.25. The summed E-state index contributed by atoms with van der Waals surface area (Å²) >= 11 is 0. The zero-order valence-corrected chi connectivity index (χ0v) is 12.6. The van der Waals surface area contributed by atoms with Crippen LogP contribution in [-0.2, 0) is 10.2 Å². The molecule has 1 aliphatic carbocycles. The van der Waals surface area contributed by atoms with Crippen LogP contribution < -0.4 is 10.0 Å². The summed E-state index contributed by atoms with van der Waals surface area (Å²) in [5.41, 5.74) is 0.258. The third kappa shape index (κ3) is 4.84. The van der Waals surface area contributed by atoms with Crippen LogP contribution in [0.25, 0.3) is 0 Å². The summed E-state index contributed by atoms with van der Waals surface area (Å²) in [6.07, 6.45) is 5.40. The van der Waals surface area contributed by atoms with E-state index in [1.807, 2.05) is 7.05 Å². The fourth-order valence-corrected chi connectivity index (χ4v) is 3.25. The van der Waals surface area contributed by atoms with Gasteiger partial charge >= 0.3 is 0 Å². The molecule has 0 aromatic rings. The Hall–Kier alpha value is -0.170. The van der Waals surface area contributed by atoms with E-state index in [-0.39, 0.29) is 5.41 Å². The third-order valence-electron chi connectivity index (χ3n) is 3.68. The highest BCUT2D eigenvalue weighted by molar-refractivity contribution is 7.87. The monoisotopic (exact) mass is 277 g/mol. The summed E-state index contributed by atoms with van der Waals surface area (Å²) in [6.45, 7) is 4.13. The summed E-state index contributed by atoms with van der Waals surface area (Å²) in [6, 6.07) is 0. The lowest BCUT2D eigenvalue weighted by Gasteiger charge is -2.20. The zero-order chi connectivity index (χ0) is 13.6. The van der Waals surface area contributed by atoms with Gasteiger partial charge in [0.05, 0.1) is 0 Å². The lowest BCUT2D eigenvalue weighted by Crippen LogP contribution is -2.41. The number of rotatable bonds is 10. The number of hydrogen-bond donors (Lipinski definition) is 2. The molecule has 0 aliphatic heterocycles. The van der Waals surface area contributed by atoms with E-state index < -0.39 is 10.2 Å². The maximum absolute atomic E-state index is 12.0. The van der Waals surface area contributed by atoms with Gasteiger partial charge in [-0.3, -0.25) is 0 Å². The molecule has 6 heteroatoms. The molecule has 1 aliphatic rings. The van der Waals surface area contributed by atoms with Crippen molar-refractivity contribution in [2.24, 2.45) is 5.41 Å². The molecule has 108 valence electrons. The van der Waals surface area contributed by atoms with E-state index in [2.05, 4.69) is 17.0 Å². The second-order valence-electron chi connectivity index (χ2n) is 5.35. The van der Waals surface area contributed by atoms with Gasteiger partial charge in [-0.1, -0.05) is 13.3 Å². The Morgan fingerprint density at radius 3 is 2.50 bits per heavy atom. The maximum atomic E-state index is 12.0. The Morgan fingerprint density at radius 2 is 2.00 bits per heavy atom. The molecule has 1 fully saturated rings. The zero-order valence-electron chi connectivity index (χ0n) is 11.8. The van der Waals surface area contributed by atoms with Crippen molar-refractivity contribution >= 4 is 10.2 Å². The summed E-state index contributed by atoms with van der Waals surface area (Å²) in [5, 5.41) is 3.02. The van der Waals surface area contributed by atoms with Crippen molar-refractivity contribution in [2.45, 2.75) is 39.0 Å². The average molecular weight is 277 g/mol. The Morgan fingerprint density at radius 1 is 1.33 bits per heavy atom. The predicted octanol–water partition coefficient (Wildman–Crippen LogP) is 0.942. The minimum Gasteiger partial charge on any atom is -0.320 e. The summed E-state index contributed by atoms with van der Waals surface area (Å²) in [4.78, 5) is 0. The molecule has 0 bridgehead atoms. The van der Waals surface area contributed by atoms with Crippen LogP contribution >= 0.6 is 0 Å². The van der Waals surface area contributed by atoms with E-state index in [1.54, 1.807) is 7.05 Å². The molecular weight excluding hydrogens is 250 g/mol. The third-order valence-corrected chi connectivity index (χ3v) is 5.19. The first-order chi connectivity index (χ1) is 8.46. The Balaban J connectivity index is 2.34. The molecule has 0 aromatic carbocycles. The molecule has 0 atom stereocenters. The molecule has 0 amide bonds. The van der Waals surface area contributed by atoms with Crippen LogP contribution in [0.2, 0.25) is 0 Å². The topological polar surface area (TPSA) is 61.4 Å². The van der Waals surface area contributed by atoms with Crippen molar-refractivity contribution < 1.29 is 8.42 Å². The summed E-state index contributed by atoms with van der Waals surface area (Å²) in [7, 11) is 0.209. The van der Waals surface area contributed by atoms with Gasteiger partial charge in [0.15, 0.2) is 0 Å². The lowest BCUT2D eigenvalue weighted by atomic mass is 10.0. The van der Waals surface area contributed by atoms with Gasteiger partial charge in [-0.15, -0.1) is 0 Å². The Kier molecular flexibility index (Phi) is 6.04. The van der Waals surface area contributed by atoms with Crippen LogP contribution in [0.4, 0.5) is 0 Å². The standard InChI is InChI=1S/C12H27N3O2S/c1-4-6-12(7-8-12)11-14-18(16,17)15(3)10-5-9-13-2/h13-14H,4-11H2,1-3H3. The highest BCUT2D eigenvalue weighted by Crippen LogP contribution is 2.49. The normalized spacial score (nSPS) is 18.2. The van der Waals surface area contributed by atoms with Gasteiger partial charge in [-0.25, -0.2) is 4.72 Å². The van der Waals surface area contributed by atoms with E-state index in [4.69, 9.17) is 0 Å². The molecule has 0 radical (unpaired) electrons. The fraction of sp³-hybridized carbons (Fsp3) is 1.00. The SMILES string of the molecule is CCCC1(CNS(=O)(=O)N(C)CCCNC)CC1. The van der Waals surface area contributed by atoms with Gasteiger partial charge in [0.2, 0.25) is 0 Å². The van der Waals surface area contributed by atoms with Gasteiger partial charge in [0, 0.05) is 20.1 Å². The number of hydrogen-bond acceptors (Lipinski definition) is 3. The second-order valence-corrected chi connectivity index (χ2v) is 7.22. The van der Waals surface area contributed by atoms with E-state index >= 15 is 0 Å². The van der Waals surface area contributed by atoms with E-state index in [1.165, 1.54) is 4.31 Å². The second kappa shape index (κ2) is 6.84. The van der Waals surface area contributed by atoms with E-state index in [9.17, 15) is 8.42 Å². The van der Waals surface area contributed by atoms with Crippen LogP contribution in [0.5, 0.6) is 0 Å². The average Bonchev–Trinajstić information content (AvgIpc) is 3.08. The van der Waals surface area contributed by atoms with Crippen molar-refractivity contribution in [1.82, 2.24) is 14.3 Å². The lowest BCUT2D eigenvalue weighted by molar-refractivity contribution is 0.417. The molecule has 2 N–H and O–H groups in total. The molecule has 0 saturated heterocycles. The van der Waals surface area contributed by atoms with Crippen LogP contribution in [0.3, 0.4) is 0 Å². The predicted molar refractivity (Wildman–Crippen MR) is 74.7 cm³/mol. The van der Waals surface area contributed by atoms with Crippen molar-refractivity contribution in [3.63, 3.8) is 0 Å². The molecular formula is C12H27N3O2S. The van der Waals surface area contributed by atoms with E-state index in [0.717, 1.165) is 38.6 Å². The molecule has 1 saturated carbocycles. The fourth-order valence-electron chi connectivity index (χ4n) is 2.18. The van der Waals surface area contributed by atoms with Gasteiger partial charge in [-0.2, -0.15) is 12.7 Å². The highest BCUT2D eigenvalue weighted by Gasteiger charge is 2.42. The molecule has 0 unspecified atom stereocenters. The van der Waals surface area contributed by atoms with Crippen LogP contribution in [0, 0.1) is 5.41 Å². The van der Waals surface area contributed by atoms with E-state index in [0.29, 0.717) is 13.1 Å². The van der Waals surface area contributed by atoms with Crippen LogP contribution in [0.15, 0.2) is 0 Å². The van der Waals surface area contributed by atoms with Crippen LogP contribution in [0.1, 0.15) is 39.0 Å². The van der Waals surface area contributed by atoms with Crippen molar-refractivity contribution in [3.05, 3.63) is 0 Å². The van der Waals surface area contributed by atoms with Gasteiger partial charge in [0.25, 0.3) is 10.2 Å². The van der Waals surface area contributed by atoms with Crippen molar-refractivity contribution in [2.75, 3.05) is 33.7 Å². The summed E-state index contributed by atoms with van der Waals surface area (Å²) < 4.78 is 28.2. The molecule has 0 heterocycles. The highest BCUT2D eigenvalue weighted by atomic mass is 32.2. The molecule has 5 nitrogen and oxygen atoms in total. The van der Waals surface area contributed by atoms with Crippen molar-refractivity contribution in [1.29, 1.82) is 0 Å². The summed E-state index contributed by atoms with van der Waals surface area (Å²) in [5.74, 6) is 0.